The van der Waals surface area contributed by atoms with E-state index in [0.717, 1.165) is 12.8 Å². The molecule has 2 atom stereocenters. The number of carboxylic acid groups (broad SMARTS) is 1. The Balaban J connectivity index is 1.97. The van der Waals surface area contributed by atoms with Crippen molar-refractivity contribution in [2.45, 2.75) is 32.4 Å². The van der Waals surface area contributed by atoms with Gasteiger partial charge in [0.25, 0.3) is 0 Å². The van der Waals surface area contributed by atoms with Crippen LogP contribution in [-0.4, -0.2) is 34.6 Å². The second kappa shape index (κ2) is 5.77. The number of likely N-dealkylation sites (tertiary alicyclic amines) is 1. The van der Waals surface area contributed by atoms with E-state index in [1.165, 1.54) is 11.2 Å². The number of carbonyl (C=O) groups is 2. The fraction of sp³-hybridized carbons (Fsp3) is 0.538. The van der Waals surface area contributed by atoms with E-state index in [0.29, 0.717) is 12.3 Å². The summed E-state index contributed by atoms with van der Waals surface area (Å²) < 4.78 is 5.12. The number of rotatable bonds is 3. The Morgan fingerprint density at radius 3 is 3.00 bits per heavy atom. The fourth-order valence-corrected chi connectivity index (χ4v) is 2.47. The Labute approximate surface area is 111 Å². The second-order valence-electron chi connectivity index (χ2n) is 4.83. The lowest BCUT2D eigenvalue weighted by atomic mass is 9.91. The Bertz CT molecular complexity index is 444. The van der Waals surface area contributed by atoms with Crippen molar-refractivity contribution in [2.75, 3.05) is 6.54 Å². The lowest BCUT2D eigenvalue weighted by molar-refractivity contribution is -0.145. The van der Waals surface area contributed by atoms with Gasteiger partial charge in [0.05, 0.1) is 12.8 Å². The van der Waals surface area contributed by atoms with Crippen molar-refractivity contribution in [1.82, 2.24) is 10.2 Å². The van der Waals surface area contributed by atoms with Crippen LogP contribution in [0.3, 0.4) is 0 Å². The maximum atomic E-state index is 12.1. The highest BCUT2D eigenvalue weighted by Crippen LogP contribution is 2.23. The number of carbonyl (C=O) groups excluding carboxylic acids is 1. The summed E-state index contributed by atoms with van der Waals surface area (Å²) in [5, 5.41) is 11.9. The second-order valence-corrected chi connectivity index (χ2v) is 4.83. The number of nitrogens with zero attached hydrogens (tertiary/aromatic N) is 1. The molecule has 0 saturated carbocycles. The Kier molecular flexibility index (Phi) is 4.09. The molecule has 6 nitrogen and oxygen atoms in total. The molecule has 1 aromatic heterocycles. The number of nitrogens with one attached hydrogen (secondary N) is 1. The first-order chi connectivity index (χ1) is 9.09. The van der Waals surface area contributed by atoms with Gasteiger partial charge in [-0.05, 0) is 30.9 Å². The zero-order valence-electron chi connectivity index (χ0n) is 10.8. The molecule has 0 radical (unpaired) electrons. The molecule has 2 unspecified atom stereocenters. The van der Waals surface area contributed by atoms with Crippen LogP contribution in [0.25, 0.3) is 0 Å². The molecule has 2 rings (SSSR count). The summed E-state index contributed by atoms with van der Waals surface area (Å²) in [7, 11) is 0. The number of hydrogen-bond acceptors (Lipinski definition) is 3. The van der Waals surface area contributed by atoms with E-state index in [-0.39, 0.29) is 18.5 Å². The van der Waals surface area contributed by atoms with Gasteiger partial charge in [-0.15, -0.1) is 0 Å². The summed E-state index contributed by atoms with van der Waals surface area (Å²) in [6.45, 7) is 2.61. The molecule has 2 heterocycles. The minimum Gasteiger partial charge on any atom is -0.480 e. The number of piperidine rings is 1. The summed E-state index contributed by atoms with van der Waals surface area (Å²) in [6.07, 6.45) is 3.20. The molecule has 1 fully saturated rings. The summed E-state index contributed by atoms with van der Waals surface area (Å²) in [5.41, 5.74) is 0. The Morgan fingerprint density at radius 2 is 2.37 bits per heavy atom. The molecule has 0 bridgehead atoms. The van der Waals surface area contributed by atoms with Crippen molar-refractivity contribution in [3.05, 3.63) is 24.2 Å². The highest BCUT2D eigenvalue weighted by Gasteiger charge is 2.36. The van der Waals surface area contributed by atoms with Gasteiger partial charge in [-0.1, -0.05) is 6.92 Å². The van der Waals surface area contributed by atoms with Crippen LogP contribution in [-0.2, 0) is 11.3 Å². The summed E-state index contributed by atoms with van der Waals surface area (Å²) >= 11 is 0. The predicted octanol–water partition coefficient (Wildman–Crippen LogP) is 1.67. The quantitative estimate of drug-likeness (QED) is 0.871. The van der Waals surface area contributed by atoms with Crippen LogP contribution in [0.2, 0.25) is 0 Å². The molecule has 1 saturated heterocycles. The lowest BCUT2D eigenvalue weighted by Gasteiger charge is -2.37. The fourth-order valence-electron chi connectivity index (χ4n) is 2.47. The third-order valence-electron chi connectivity index (χ3n) is 3.44. The van der Waals surface area contributed by atoms with E-state index < -0.39 is 12.0 Å². The normalized spacial score (nSPS) is 23.1. The van der Waals surface area contributed by atoms with Gasteiger partial charge in [-0.25, -0.2) is 9.59 Å². The van der Waals surface area contributed by atoms with E-state index in [1.54, 1.807) is 12.1 Å². The van der Waals surface area contributed by atoms with Crippen LogP contribution in [0.5, 0.6) is 0 Å². The van der Waals surface area contributed by atoms with Crippen molar-refractivity contribution < 1.29 is 19.1 Å². The van der Waals surface area contributed by atoms with Gasteiger partial charge in [-0.2, -0.15) is 0 Å². The van der Waals surface area contributed by atoms with Crippen LogP contribution in [0, 0.1) is 5.92 Å². The smallest absolute Gasteiger partial charge is 0.326 e. The zero-order chi connectivity index (χ0) is 13.8. The highest BCUT2D eigenvalue weighted by atomic mass is 16.4. The van der Waals surface area contributed by atoms with E-state index >= 15 is 0 Å². The first kappa shape index (κ1) is 13.5. The van der Waals surface area contributed by atoms with Gasteiger partial charge < -0.3 is 19.7 Å². The Morgan fingerprint density at radius 1 is 1.58 bits per heavy atom. The minimum atomic E-state index is -0.944. The summed E-state index contributed by atoms with van der Waals surface area (Å²) in [4.78, 5) is 24.7. The molecule has 2 N–H and O–H groups in total. The van der Waals surface area contributed by atoms with E-state index in [4.69, 9.17) is 4.42 Å². The van der Waals surface area contributed by atoms with Gasteiger partial charge in [-0.3, -0.25) is 0 Å². The predicted molar refractivity (Wildman–Crippen MR) is 67.5 cm³/mol. The highest BCUT2D eigenvalue weighted by molar-refractivity contribution is 5.83. The van der Waals surface area contributed by atoms with Crippen LogP contribution in [0.1, 0.15) is 25.5 Å². The Hall–Kier alpha value is -1.98. The number of aliphatic carboxylic acids is 1. The van der Waals surface area contributed by atoms with Gasteiger partial charge >= 0.3 is 12.0 Å². The molecule has 2 amide bonds. The maximum Gasteiger partial charge on any atom is 0.326 e. The van der Waals surface area contributed by atoms with Crippen molar-refractivity contribution in [1.29, 1.82) is 0 Å². The van der Waals surface area contributed by atoms with E-state index in [9.17, 15) is 14.7 Å². The molecule has 19 heavy (non-hydrogen) atoms. The number of hydrogen-bond donors (Lipinski definition) is 2. The van der Waals surface area contributed by atoms with Crippen molar-refractivity contribution in [3.63, 3.8) is 0 Å². The average molecular weight is 266 g/mol. The molecular weight excluding hydrogens is 248 g/mol. The number of urea groups is 1. The van der Waals surface area contributed by atoms with Crippen LogP contribution < -0.4 is 5.32 Å². The summed E-state index contributed by atoms with van der Waals surface area (Å²) in [5.74, 6) is -0.328. The molecule has 0 spiro atoms. The van der Waals surface area contributed by atoms with E-state index in [1.807, 2.05) is 6.92 Å². The topological polar surface area (TPSA) is 82.8 Å². The molecule has 6 heteroatoms. The van der Waals surface area contributed by atoms with Crippen LogP contribution in [0.4, 0.5) is 4.79 Å². The first-order valence-corrected chi connectivity index (χ1v) is 6.39. The van der Waals surface area contributed by atoms with Gasteiger partial charge in [0.15, 0.2) is 0 Å². The molecule has 1 aliphatic rings. The van der Waals surface area contributed by atoms with Gasteiger partial charge in [0.2, 0.25) is 0 Å². The molecule has 104 valence electrons. The summed E-state index contributed by atoms with van der Waals surface area (Å²) in [6, 6.07) is 2.40. The minimum absolute atomic E-state index is 0.0272. The van der Waals surface area contributed by atoms with Crippen molar-refractivity contribution in [2.24, 2.45) is 5.92 Å². The average Bonchev–Trinajstić information content (AvgIpc) is 2.88. The van der Waals surface area contributed by atoms with Crippen LogP contribution >= 0.6 is 0 Å². The molecule has 0 aromatic carbocycles. The SMILES string of the molecule is CC1CCCN(C(=O)NCc2ccco2)C1C(=O)O. The maximum absolute atomic E-state index is 12.1. The monoisotopic (exact) mass is 266 g/mol. The van der Waals surface area contributed by atoms with Crippen molar-refractivity contribution in [3.8, 4) is 0 Å². The number of carboxylic acids is 1. The van der Waals surface area contributed by atoms with Crippen LogP contribution in [0.15, 0.2) is 22.8 Å². The molecular formula is C13H18N2O4. The lowest BCUT2D eigenvalue weighted by Crippen LogP contribution is -2.54. The van der Waals surface area contributed by atoms with Gasteiger partial charge in [0, 0.05) is 6.54 Å². The van der Waals surface area contributed by atoms with Gasteiger partial charge in [0.1, 0.15) is 11.8 Å². The molecule has 1 aromatic rings. The largest absolute Gasteiger partial charge is 0.480 e. The van der Waals surface area contributed by atoms with E-state index in [2.05, 4.69) is 5.32 Å². The third-order valence-corrected chi connectivity index (χ3v) is 3.44. The standard InChI is InChI=1S/C13H18N2O4/c1-9-4-2-6-15(11(9)12(16)17)13(18)14-8-10-5-3-7-19-10/h3,5,7,9,11H,2,4,6,8H2,1H3,(H,14,18)(H,16,17). The first-order valence-electron chi connectivity index (χ1n) is 6.39. The molecule has 0 aliphatic carbocycles. The number of amides is 2. The molecule has 1 aliphatic heterocycles. The number of furan rings is 1. The zero-order valence-corrected chi connectivity index (χ0v) is 10.8. The third kappa shape index (κ3) is 3.07. The van der Waals surface area contributed by atoms with Crippen molar-refractivity contribution >= 4 is 12.0 Å².